The number of hydrogen-bond donors (Lipinski definition) is 1. The van der Waals surface area contributed by atoms with Gasteiger partial charge in [0.25, 0.3) is 0 Å². The third-order valence-corrected chi connectivity index (χ3v) is 2.99. The number of hydrogen-bond acceptors (Lipinski definition) is 3. The molecule has 1 N–H and O–H groups in total. The number of aromatic carboxylic acids is 1. The molecule has 2 rings (SSSR count). The summed E-state index contributed by atoms with van der Waals surface area (Å²) in [5.74, 6) is -0.253. The van der Waals surface area contributed by atoms with E-state index in [9.17, 15) is 9.90 Å². The predicted octanol–water partition coefficient (Wildman–Crippen LogP) is 2.49. The van der Waals surface area contributed by atoms with Crippen molar-refractivity contribution in [3.63, 3.8) is 0 Å². The molecule has 5 heteroatoms. The quantitative estimate of drug-likeness (QED) is 0.917. The average molecular weight is 260 g/mol. The van der Waals surface area contributed by atoms with Gasteiger partial charge in [-0.25, -0.2) is 4.79 Å². The van der Waals surface area contributed by atoms with Crippen LogP contribution >= 0.6 is 0 Å². The van der Waals surface area contributed by atoms with Crippen LogP contribution in [0.1, 0.15) is 23.1 Å². The second-order valence-electron chi connectivity index (χ2n) is 4.20. The lowest BCUT2D eigenvalue weighted by Gasteiger charge is -2.05. The molecule has 0 fully saturated rings. The number of aromatic nitrogens is 2. The normalized spacial score (nSPS) is 10.5. The highest BCUT2D eigenvalue weighted by atomic mass is 16.5. The van der Waals surface area contributed by atoms with Gasteiger partial charge in [-0.3, -0.25) is 4.68 Å². The van der Waals surface area contributed by atoms with Crippen molar-refractivity contribution in [2.24, 2.45) is 7.05 Å². The van der Waals surface area contributed by atoms with E-state index >= 15 is 0 Å². The van der Waals surface area contributed by atoms with Crippen LogP contribution in [0.3, 0.4) is 0 Å². The fourth-order valence-corrected chi connectivity index (χ4v) is 1.99. The summed E-state index contributed by atoms with van der Waals surface area (Å²) in [6.07, 6.45) is 0. The molecule has 5 nitrogen and oxygen atoms in total. The number of nitrogens with zero attached hydrogens (tertiary/aromatic N) is 2. The Morgan fingerprint density at radius 2 is 2.00 bits per heavy atom. The molecule has 0 amide bonds. The van der Waals surface area contributed by atoms with Crippen molar-refractivity contribution in [2.75, 3.05) is 6.61 Å². The Kier molecular flexibility index (Phi) is 3.55. The maximum atomic E-state index is 11.2. The Bertz CT molecular complexity index is 600. The van der Waals surface area contributed by atoms with Gasteiger partial charge in [0.1, 0.15) is 5.75 Å². The predicted molar refractivity (Wildman–Crippen MR) is 71.5 cm³/mol. The molecule has 0 aliphatic rings. The number of rotatable bonds is 4. The summed E-state index contributed by atoms with van der Waals surface area (Å²) >= 11 is 0. The Morgan fingerprint density at radius 1 is 1.37 bits per heavy atom. The molecule has 19 heavy (non-hydrogen) atoms. The summed E-state index contributed by atoms with van der Waals surface area (Å²) in [6.45, 7) is 4.37. The van der Waals surface area contributed by atoms with Gasteiger partial charge in [0.2, 0.25) is 0 Å². The van der Waals surface area contributed by atoms with Gasteiger partial charge < -0.3 is 9.84 Å². The molecule has 0 saturated carbocycles. The molecular weight excluding hydrogens is 244 g/mol. The number of benzene rings is 1. The zero-order valence-electron chi connectivity index (χ0n) is 11.2. The molecule has 0 spiro atoms. The van der Waals surface area contributed by atoms with Gasteiger partial charge in [-0.2, -0.15) is 5.10 Å². The molecule has 1 heterocycles. The summed E-state index contributed by atoms with van der Waals surface area (Å²) in [4.78, 5) is 11.2. The molecule has 0 radical (unpaired) electrons. The first kappa shape index (κ1) is 13.1. The van der Waals surface area contributed by atoms with Crippen molar-refractivity contribution >= 4 is 5.97 Å². The fourth-order valence-electron chi connectivity index (χ4n) is 1.99. The molecule has 1 aromatic heterocycles. The van der Waals surface area contributed by atoms with Gasteiger partial charge in [-0.15, -0.1) is 0 Å². The van der Waals surface area contributed by atoms with E-state index in [2.05, 4.69) is 5.10 Å². The highest BCUT2D eigenvalue weighted by Crippen LogP contribution is 2.28. The minimum Gasteiger partial charge on any atom is -0.494 e. The van der Waals surface area contributed by atoms with Crippen LogP contribution in [0.4, 0.5) is 0 Å². The molecule has 0 bridgehead atoms. The molecular formula is C14H16N2O3. The maximum absolute atomic E-state index is 11.2. The van der Waals surface area contributed by atoms with Crippen LogP contribution in [0.5, 0.6) is 5.75 Å². The van der Waals surface area contributed by atoms with Crippen molar-refractivity contribution in [1.82, 2.24) is 9.78 Å². The van der Waals surface area contributed by atoms with E-state index in [1.165, 1.54) is 0 Å². The van der Waals surface area contributed by atoms with Crippen molar-refractivity contribution < 1.29 is 14.6 Å². The zero-order chi connectivity index (χ0) is 14.0. The fraction of sp³-hybridized carbons (Fsp3) is 0.286. The first-order valence-corrected chi connectivity index (χ1v) is 6.04. The molecule has 100 valence electrons. The van der Waals surface area contributed by atoms with E-state index in [0.29, 0.717) is 12.2 Å². The van der Waals surface area contributed by atoms with Crippen LogP contribution in [0, 0.1) is 6.92 Å². The molecule has 1 aromatic carbocycles. The number of carbonyl (C=O) groups is 1. The number of aryl methyl sites for hydroxylation is 1. The van der Waals surface area contributed by atoms with Gasteiger partial charge in [0.15, 0.2) is 5.69 Å². The van der Waals surface area contributed by atoms with Gasteiger partial charge in [-0.1, -0.05) is 12.1 Å². The first-order valence-electron chi connectivity index (χ1n) is 6.04. The third-order valence-electron chi connectivity index (χ3n) is 2.99. The van der Waals surface area contributed by atoms with E-state index in [1.54, 1.807) is 11.7 Å². The summed E-state index contributed by atoms with van der Waals surface area (Å²) in [7, 11) is 1.74. The molecule has 0 aliphatic carbocycles. The van der Waals surface area contributed by atoms with Crippen molar-refractivity contribution in [2.45, 2.75) is 13.8 Å². The largest absolute Gasteiger partial charge is 0.494 e. The first-order chi connectivity index (χ1) is 9.04. The maximum Gasteiger partial charge on any atom is 0.357 e. The molecule has 0 atom stereocenters. The highest BCUT2D eigenvalue weighted by Gasteiger charge is 2.20. The Morgan fingerprint density at radius 3 is 2.53 bits per heavy atom. The van der Waals surface area contributed by atoms with Crippen LogP contribution < -0.4 is 4.74 Å². The summed E-state index contributed by atoms with van der Waals surface area (Å²) in [5.41, 5.74) is 2.37. The van der Waals surface area contributed by atoms with Crippen LogP contribution in [0.15, 0.2) is 24.3 Å². The van der Waals surface area contributed by atoms with E-state index in [1.807, 2.05) is 38.1 Å². The number of carboxylic acids is 1. The second kappa shape index (κ2) is 5.14. The smallest absolute Gasteiger partial charge is 0.357 e. The van der Waals surface area contributed by atoms with Gasteiger partial charge >= 0.3 is 5.97 Å². The number of ether oxygens (including phenoxy) is 1. The molecule has 0 aliphatic heterocycles. The van der Waals surface area contributed by atoms with Crippen LogP contribution in [0.2, 0.25) is 0 Å². The summed E-state index contributed by atoms with van der Waals surface area (Å²) < 4.78 is 6.95. The van der Waals surface area contributed by atoms with E-state index in [-0.39, 0.29) is 5.69 Å². The molecule has 0 saturated heterocycles. The van der Waals surface area contributed by atoms with E-state index in [0.717, 1.165) is 17.0 Å². The van der Waals surface area contributed by atoms with Crippen LogP contribution in [-0.2, 0) is 7.05 Å². The van der Waals surface area contributed by atoms with Gasteiger partial charge in [-0.05, 0) is 31.5 Å². The van der Waals surface area contributed by atoms with Gasteiger partial charge in [0, 0.05) is 18.3 Å². The SMILES string of the molecule is CCOc1ccc(-c2c(C(=O)O)nn(C)c2C)cc1. The van der Waals surface area contributed by atoms with E-state index < -0.39 is 5.97 Å². The van der Waals surface area contributed by atoms with Crippen LogP contribution in [0.25, 0.3) is 11.1 Å². The monoisotopic (exact) mass is 260 g/mol. The Hall–Kier alpha value is -2.30. The van der Waals surface area contributed by atoms with Crippen molar-refractivity contribution in [1.29, 1.82) is 0 Å². The summed E-state index contributed by atoms with van der Waals surface area (Å²) in [5, 5.41) is 13.2. The lowest BCUT2D eigenvalue weighted by molar-refractivity contribution is 0.0690. The number of carboxylic acid groups (broad SMARTS) is 1. The lowest BCUT2D eigenvalue weighted by atomic mass is 10.0. The van der Waals surface area contributed by atoms with Crippen molar-refractivity contribution in [3.8, 4) is 16.9 Å². The summed E-state index contributed by atoms with van der Waals surface area (Å²) in [6, 6.07) is 7.36. The molecule has 2 aromatic rings. The zero-order valence-corrected chi connectivity index (χ0v) is 11.2. The second-order valence-corrected chi connectivity index (χ2v) is 4.20. The third kappa shape index (κ3) is 2.45. The minimum atomic E-state index is -1.02. The minimum absolute atomic E-state index is 0.0733. The van der Waals surface area contributed by atoms with E-state index in [4.69, 9.17) is 4.74 Å². The van der Waals surface area contributed by atoms with Crippen molar-refractivity contribution in [3.05, 3.63) is 35.7 Å². The highest BCUT2D eigenvalue weighted by molar-refractivity contribution is 5.94. The van der Waals surface area contributed by atoms with Crippen LogP contribution in [-0.4, -0.2) is 27.5 Å². The topological polar surface area (TPSA) is 64.3 Å². The lowest BCUT2D eigenvalue weighted by Crippen LogP contribution is -2.00. The Balaban J connectivity index is 2.49. The standard InChI is InChI=1S/C14H16N2O3/c1-4-19-11-7-5-10(6-8-11)12-9(2)16(3)15-13(12)14(17)18/h5-8H,4H2,1-3H3,(H,17,18). The average Bonchev–Trinajstić information content (AvgIpc) is 2.68. The van der Waals surface area contributed by atoms with Gasteiger partial charge in [0.05, 0.1) is 6.61 Å². The molecule has 0 unspecified atom stereocenters. The Labute approximate surface area is 111 Å².